The number of nitrogen functional groups attached to an aromatic ring is 1. The molecule has 2 rings (SSSR count). The lowest BCUT2D eigenvalue weighted by molar-refractivity contribution is 0.0381. The fourth-order valence-electron chi connectivity index (χ4n) is 2.27. The van der Waals surface area contributed by atoms with E-state index in [1.807, 2.05) is 12.1 Å². The Morgan fingerprint density at radius 3 is 2.76 bits per heavy atom. The number of rotatable bonds is 7. The summed E-state index contributed by atoms with van der Waals surface area (Å²) < 4.78 is 31.8. The first-order valence-electron chi connectivity index (χ1n) is 7.17. The average molecular weight is 313 g/mol. The lowest BCUT2D eigenvalue weighted by Gasteiger charge is -2.26. The van der Waals surface area contributed by atoms with Crippen LogP contribution in [0.2, 0.25) is 0 Å². The van der Waals surface area contributed by atoms with Crippen molar-refractivity contribution in [3.8, 4) is 0 Å². The Bertz CT molecular complexity index is 542. The third-order valence-corrected chi connectivity index (χ3v) is 4.85. The Morgan fingerprint density at radius 2 is 2.05 bits per heavy atom. The molecule has 118 valence electrons. The van der Waals surface area contributed by atoms with E-state index in [9.17, 15) is 8.42 Å². The smallest absolute Gasteiger partial charge is 0.211 e. The fourth-order valence-corrected chi connectivity index (χ4v) is 3.31. The molecule has 0 saturated carbocycles. The zero-order valence-electron chi connectivity index (χ0n) is 12.1. The Hall–Kier alpha value is -1.15. The van der Waals surface area contributed by atoms with E-state index < -0.39 is 10.0 Å². The van der Waals surface area contributed by atoms with Crippen LogP contribution in [0, 0.1) is 0 Å². The zero-order chi connectivity index (χ0) is 15.1. The maximum atomic E-state index is 11.9. The maximum absolute atomic E-state index is 11.9. The number of anilines is 1. The van der Waals surface area contributed by atoms with Gasteiger partial charge in [-0.3, -0.25) is 4.90 Å². The van der Waals surface area contributed by atoms with Crippen LogP contribution < -0.4 is 10.5 Å². The van der Waals surface area contributed by atoms with Gasteiger partial charge in [-0.2, -0.15) is 0 Å². The molecule has 0 spiro atoms. The lowest BCUT2D eigenvalue weighted by atomic mass is 10.2. The van der Waals surface area contributed by atoms with E-state index in [2.05, 4.69) is 9.62 Å². The number of nitrogens with two attached hydrogens (primary N) is 1. The number of hydrogen-bond donors (Lipinski definition) is 2. The van der Waals surface area contributed by atoms with Gasteiger partial charge in [-0.15, -0.1) is 0 Å². The van der Waals surface area contributed by atoms with Gasteiger partial charge >= 0.3 is 0 Å². The molecule has 0 aromatic heterocycles. The number of sulfonamides is 1. The Morgan fingerprint density at radius 1 is 1.29 bits per heavy atom. The summed E-state index contributed by atoms with van der Waals surface area (Å²) in [7, 11) is -3.24. The summed E-state index contributed by atoms with van der Waals surface area (Å²) in [5.74, 6) is 0.146. The first-order valence-corrected chi connectivity index (χ1v) is 8.82. The molecule has 1 aliphatic rings. The fraction of sp³-hybridized carbons (Fsp3) is 0.571. The molecule has 0 amide bonds. The molecule has 1 aliphatic heterocycles. The van der Waals surface area contributed by atoms with Crippen molar-refractivity contribution in [1.82, 2.24) is 9.62 Å². The highest BCUT2D eigenvalue weighted by atomic mass is 32.2. The van der Waals surface area contributed by atoms with Gasteiger partial charge in [0.1, 0.15) is 0 Å². The van der Waals surface area contributed by atoms with Crippen molar-refractivity contribution < 1.29 is 13.2 Å². The van der Waals surface area contributed by atoms with E-state index in [4.69, 9.17) is 10.5 Å². The minimum Gasteiger partial charge on any atom is -0.399 e. The van der Waals surface area contributed by atoms with Crippen molar-refractivity contribution in [2.24, 2.45) is 0 Å². The number of hydrogen-bond acceptors (Lipinski definition) is 5. The van der Waals surface area contributed by atoms with E-state index in [1.54, 1.807) is 12.1 Å². The summed E-state index contributed by atoms with van der Waals surface area (Å²) in [6.07, 6.45) is 0.631. The molecular formula is C14H23N3O3S. The Balaban J connectivity index is 1.71. The van der Waals surface area contributed by atoms with Crippen LogP contribution in [0.1, 0.15) is 12.0 Å². The molecule has 1 heterocycles. The third kappa shape index (κ3) is 6.01. The number of ether oxygens (including phenoxy) is 1. The lowest BCUT2D eigenvalue weighted by Crippen LogP contribution is -2.38. The van der Waals surface area contributed by atoms with Gasteiger partial charge in [-0.05, 0) is 30.7 Å². The van der Waals surface area contributed by atoms with Crippen LogP contribution in [0.4, 0.5) is 5.69 Å². The van der Waals surface area contributed by atoms with E-state index in [-0.39, 0.29) is 12.3 Å². The second kappa shape index (κ2) is 7.74. The van der Waals surface area contributed by atoms with E-state index in [0.29, 0.717) is 12.1 Å². The van der Waals surface area contributed by atoms with Crippen molar-refractivity contribution >= 4 is 15.7 Å². The predicted octanol–water partition coefficient (Wildman–Crippen LogP) is 0.411. The summed E-state index contributed by atoms with van der Waals surface area (Å²) in [5, 5.41) is 0. The van der Waals surface area contributed by atoms with Crippen LogP contribution in [0.15, 0.2) is 24.3 Å². The third-order valence-electron chi connectivity index (χ3n) is 3.44. The Labute approximate surface area is 126 Å². The topological polar surface area (TPSA) is 84.7 Å². The van der Waals surface area contributed by atoms with Gasteiger partial charge in [-0.1, -0.05) is 12.1 Å². The summed E-state index contributed by atoms with van der Waals surface area (Å²) in [6, 6.07) is 7.22. The molecule has 3 N–H and O–H groups in total. The molecule has 1 aromatic rings. The highest BCUT2D eigenvalue weighted by molar-refractivity contribution is 7.89. The molecule has 1 saturated heterocycles. The van der Waals surface area contributed by atoms with Gasteiger partial charge < -0.3 is 10.5 Å². The highest BCUT2D eigenvalue weighted by Gasteiger charge is 2.13. The summed E-state index contributed by atoms with van der Waals surface area (Å²) in [5.41, 5.74) is 7.17. The average Bonchev–Trinajstić information content (AvgIpc) is 2.46. The molecule has 0 bridgehead atoms. The van der Waals surface area contributed by atoms with Crippen LogP contribution in [-0.4, -0.2) is 51.9 Å². The van der Waals surface area contributed by atoms with Gasteiger partial charge in [0.15, 0.2) is 0 Å². The Kier molecular flexibility index (Phi) is 5.98. The largest absolute Gasteiger partial charge is 0.399 e. The first-order chi connectivity index (χ1) is 10.1. The van der Waals surface area contributed by atoms with Crippen LogP contribution in [0.3, 0.4) is 0 Å². The monoisotopic (exact) mass is 313 g/mol. The van der Waals surface area contributed by atoms with Gasteiger partial charge in [-0.25, -0.2) is 13.1 Å². The van der Waals surface area contributed by atoms with Crippen LogP contribution in [0.25, 0.3) is 0 Å². The van der Waals surface area contributed by atoms with Crippen molar-refractivity contribution in [1.29, 1.82) is 0 Å². The van der Waals surface area contributed by atoms with Gasteiger partial charge in [0.05, 0.1) is 19.0 Å². The molecule has 21 heavy (non-hydrogen) atoms. The quantitative estimate of drug-likeness (QED) is 0.712. The molecule has 7 heteroatoms. The van der Waals surface area contributed by atoms with E-state index in [0.717, 1.165) is 38.4 Å². The van der Waals surface area contributed by atoms with Crippen LogP contribution in [0.5, 0.6) is 0 Å². The second-order valence-corrected chi connectivity index (χ2v) is 7.12. The second-order valence-electron chi connectivity index (χ2n) is 5.19. The molecule has 0 unspecified atom stereocenters. The van der Waals surface area contributed by atoms with Crippen molar-refractivity contribution in [2.45, 2.75) is 13.0 Å². The predicted molar refractivity (Wildman–Crippen MR) is 83.4 cm³/mol. The molecule has 0 radical (unpaired) electrons. The first kappa shape index (κ1) is 16.2. The van der Waals surface area contributed by atoms with Crippen molar-refractivity contribution in [3.63, 3.8) is 0 Å². The number of benzene rings is 1. The number of nitrogens with zero attached hydrogens (tertiary/aromatic N) is 1. The maximum Gasteiger partial charge on any atom is 0.211 e. The minimum atomic E-state index is -3.24. The van der Waals surface area contributed by atoms with Gasteiger partial charge in [0.25, 0.3) is 0 Å². The van der Waals surface area contributed by atoms with Gasteiger partial charge in [0.2, 0.25) is 10.0 Å². The molecule has 6 nitrogen and oxygen atoms in total. The van der Waals surface area contributed by atoms with E-state index in [1.165, 1.54) is 0 Å². The van der Waals surface area contributed by atoms with E-state index >= 15 is 0 Å². The molecular weight excluding hydrogens is 290 g/mol. The van der Waals surface area contributed by atoms with Crippen LogP contribution >= 0.6 is 0 Å². The summed E-state index contributed by atoms with van der Waals surface area (Å²) >= 11 is 0. The zero-order valence-corrected chi connectivity index (χ0v) is 12.9. The minimum absolute atomic E-state index is 0.146. The molecule has 0 aliphatic carbocycles. The van der Waals surface area contributed by atoms with Crippen molar-refractivity contribution in [3.05, 3.63) is 29.8 Å². The normalized spacial score (nSPS) is 17.0. The van der Waals surface area contributed by atoms with Crippen LogP contribution in [-0.2, 0) is 21.3 Å². The SMILES string of the molecule is Nc1cccc(CNS(=O)(=O)CCCN2CCOCC2)c1. The summed E-state index contributed by atoms with van der Waals surface area (Å²) in [4.78, 5) is 2.23. The number of nitrogens with one attached hydrogen (secondary N) is 1. The molecule has 1 fully saturated rings. The highest BCUT2D eigenvalue weighted by Crippen LogP contribution is 2.07. The number of morpholine rings is 1. The van der Waals surface area contributed by atoms with Gasteiger partial charge in [0, 0.05) is 25.3 Å². The van der Waals surface area contributed by atoms with Crippen molar-refractivity contribution in [2.75, 3.05) is 44.3 Å². The standard InChI is InChI=1S/C14H23N3O3S/c15-14-4-1-3-13(11-14)12-16-21(18,19)10-2-5-17-6-8-20-9-7-17/h1,3-4,11,16H,2,5-10,12,15H2. The molecule has 1 aromatic carbocycles. The summed E-state index contributed by atoms with van der Waals surface area (Å²) in [6.45, 7) is 4.32. The molecule has 0 atom stereocenters.